The smallest absolute Gasteiger partial charge is 0.338 e. The number of esters is 1. The highest BCUT2D eigenvalue weighted by molar-refractivity contribution is 5.89. The van der Waals surface area contributed by atoms with Crippen LogP contribution in [0.4, 0.5) is 0 Å². The zero-order valence-electron chi connectivity index (χ0n) is 16.6. The molecule has 1 aliphatic carbocycles. The molecule has 30 heavy (non-hydrogen) atoms. The van der Waals surface area contributed by atoms with Crippen molar-refractivity contribution in [2.75, 3.05) is 6.61 Å². The number of aliphatic hydroxyl groups excluding tert-OH is 1. The molecular formula is C24H26O6. The number of rotatable bonds is 9. The molecule has 0 spiro atoms. The topological polar surface area (TPSA) is 93.1 Å². The number of aliphatic carboxylic acids is 1. The van der Waals surface area contributed by atoms with Gasteiger partial charge in [-0.05, 0) is 30.7 Å². The van der Waals surface area contributed by atoms with Gasteiger partial charge in [0, 0.05) is 18.3 Å². The van der Waals surface area contributed by atoms with Gasteiger partial charge in [-0.3, -0.25) is 4.79 Å². The molecule has 4 atom stereocenters. The molecule has 0 aliphatic heterocycles. The third kappa shape index (κ3) is 5.94. The molecule has 0 aromatic heterocycles. The molecule has 0 amide bonds. The van der Waals surface area contributed by atoms with E-state index in [1.165, 1.54) is 0 Å². The molecule has 2 aromatic carbocycles. The fourth-order valence-corrected chi connectivity index (χ4v) is 3.76. The number of ether oxygens (including phenoxy) is 2. The van der Waals surface area contributed by atoms with E-state index in [4.69, 9.17) is 9.47 Å². The molecule has 6 nitrogen and oxygen atoms in total. The van der Waals surface area contributed by atoms with Gasteiger partial charge in [-0.15, -0.1) is 0 Å². The molecule has 158 valence electrons. The van der Waals surface area contributed by atoms with Gasteiger partial charge >= 0.3 is 11.9 Å². The number of hydrogen-bond donors (Lipinski definition) is 2. The van der Waals surface area contributed by atoms with Crippen LogP contribution >= 0.6 is 0 Å². The summed E-state index contributed by atoms with van der Waals surface area (Å²) < 4.78 is 11.3. The van der Waals surface area contributed by atoms with Gasteiger partial charge in [0.25, 0.3) is 0 Å². The monoisotopic (exact) mass is 410 g/mol. The number of carbonyl (C=O) groups excluding carboxylic acids is 1. The fraction of sp³-hybridized carbons (Fsp3) is 0.333. The van der Waals surface area contributed by atoms with Crippen LogP contribution in [-0.4, -0.2) is 41.0 Å². The average molecular weight is 410 g/mol. The van der Waals surface area contributed by atoms with Crippen molar-refractivity contribution in [3.8, 4) is 5.75 Å². The molecule has 0 radical (unpaired) electrons. The summed E-state index contributed by atoms with van der Waals surface area (Å²) in [6.45, 7) is 0.466. The molecule has 0 bridgehead atoms. The van der Waals surface area contributed by atoms with E-state index in [0.29, 0.717) is 18.6 Å². The second-order valence-electron chi connectivity index (χ2n) is 7.33. The van der Waals surface area contributed by atoms with Gasteiger partial charge in [-0.25, -0.2) is 4.79 Å². The molecule has 0 saturated heterocycles. The van der Waals surface area contributed by atoms with Crippen molar-refractivity contribution in [1.82, 2.24) is 0 Å². The SMILES string of the molecule is O=C(O)C[C@@H]1[C@@H](C=CCCOc2ccccc2)[C@H](OC(=O)c2ccccc2)C[C@@H]1O. The normalized spacial score (nSPS) is 23.4. The van der Waals surface area contributed by atoms with E-state index in [2.05, 4.69) is 0 Å². The number of carboxylic acid groups (broad SMARTS) is 1. The van der Waals surface area contributed by atoms with Crippen molar-refractivity contribution in [3.05, 3.63) is 78.4 Å². The van der Waals surface area contributed by atoms with Gasteiger partial charge in [-0.2, -0.15) is 0 Å². The fourth-order valence-electron chi connectivity index (χ4n) is 3.76. The number of carbonyl (C=O) groups is 2. The van der Waals surface area contributed by atoms with E-state index in [1.807, 2.05) is 48.6 Å². The summed E-state index contributed by atoms with van der Waals surface area (Å²) in [5.41, 5.74) is 0.424. The lowest BCUT2D eigenvalue weighted by Gasteiger charge is -2.21. The van der Waals surface area contributed by atoms with E-state index in [1.54, 1.807) is 24.3 Å². The average Bonchev–Trinajstić information content (AvgIpc) is 3.03. The summed E-state index contributed by atoms with van der Waals surface area (Å²) in [5.74, 6) is -1.57. The van der Waals surface area contributed by atoms with E-state index >= 15 is 0 Å². The van der Waals surface area contributed by atoms with Gasteiger partial charge < -0.3 is 19.7 Å². The van der Waals surface area contributed by atoms with Crippen LogP contribution in [0.2, 0.25) is 0 Å². The van der Waals surface area contributed by atoms with Crippen LogP contribution in [0, 0.1) is 11.8 Å². The van der Waals surface area contributed by atoms with Crippen molar-refractivity contribution in [3.63, 3.8) is 0 Å². The molecule has 2 aromatic rings. The van der Waals surface area contributed by atoms with Crippen molar-refractivity contribution >= 4 is 11.9 Å². The summed E-state index contributed by atoms with van der Waals surface area (Å²) in [6, 6.07) is 18.1. The lowest BCUT2D eigenvalue weighted by molar-refractivity contribution is -0.139. The zero-order chi connectivity index (χ0) is 21.3. The lowest BCUT2D eigenvalue weighted by atomic mass is 9.90. The maximum Gasteiger partial charge on any atom is 0.338 e. The molecule has 0 unspecified atom stereocenters. The Labute approximate surface area is 175 Å². The van der Waals surface area contributed by atoms with Gasteiger partial charge in [0.05, 0.1) is 24.7 Å². The van der Waals surface area contributed by atoms with Crippen LogP contribution in [0.1, 0.15) is 29.6 Å². The highest BCUT2D eigenvalue weighted by atomic mass is 16.5. The summed E-state index contributed by atoms with van der Waals surface area (Å²) in [6.07, 6.45) is 2.96. The molecular weight excluding hydrogens is 384 g/mol. The van der Waals surface area contributed by atoms with Gasteiger partial charge in [0.15, 0.2) is 0 Å². The standard InChI is InChI=1S/C24H26O6/c25-21-16-22(30-24(28)17-9-3-1-4-10-17)19(20(21)15-23(26)27)13-7-8-14-29-18-11-5-2-6-12-18/h1-7,9-13,19-22,25H,8,14-16H2,(H,26,27)/t19-,20-,21+,22-/m1/s1. The van der Waals surface area contributed by atoms with Crippen LogP contribution < -0.4 is 4.74 Å². The third-order valence-corrected chi connectivity index (χ3v) is 5.22. The van der Waals surface area contributed by atoms with Crippen LogP contribution in [0.5, 0.6) is 5.75 Å². The predicted octanol–water partition coefficient (Wildman–Crippen LogP) is 3.71. The van der Waals surface area contributed by atoms with Gasteiger partial charge in [-0.1, -0.05) is 48.6 Å². The minimum absolute atomic E-state index is 0.184. The van der Waals surface area contributed by atoms with Crippen LogP contribution in [0.3, 0.4) is 0 Å². The predicted molar refractivity (Wildman–Crippen MR) is 111 cm³/mol. The first-order valence-electron chi connectivity index (χ1n) is 10.0. The van der Waals surface area contributed by atoms with Crippen LogP contribution in [0.15, 0.2) is 72.8 Å². The maximum absolute atomic E-state index is 12.5. The second kappa shape index (κ2) is 10.6. The Morgan fingerprint density at radius 2 is 1.70 bits per heavy atom. The first-order valence-corrected chi connectivity index (χ1v) is 10.0. The first kappa shape index (κ1) is 21.6. The zero-order valence-corrected chi connectivity index (χ0v) is 16.6. The number of carboxylic acids is 1. The Hall–Kier alpha value is -3.12. The number of benzene rings is 2. The Kier molecular flexibility index (Phi) is 7.63. The molecule has 0 heterocycles. The Morgan fingerprint density at radius 3 is 2.37 bits per heavy atom. The summed E-state index contributed by atoms with van der Waals surface area (Å²) in [5, 5.41) is 19.6. The molecule has 6 heteroatoms. The summed E-state index contributed by atoms with van der Waals surface area (Å²) in [4.78, 5) is 23.7. The minimum Gasteiger partial charge on any atom is -0.493 e. The van der Waals surface area contributed by atoms with Crippen LogP contribution in [0.25, 0.3) is 0 Å². The second-order valence-corrected chi connectivity index (χ2v) is 7.33. The number of aliphatic hydroxyl groups is 1. The van der Waals surface area contributed by atoms with Crippen LogP contribution in [-0.2, 0) is 9.53 Å². The Bertz CT molecular complexity index is 849. The number of para-hydroxylation sites is 1. The van der Waals surface area contributed by atoms with E-state index in [9.17, 15) is 19.8 Å². The molecule has 3 rings (SSSR count). The number of hydrogen-bond acceptors (Lipinski definition) is 5. The molecule has 1 fully saturated rings. The van der Waals surface area contributed by atoms with E-state index < -0.39 is 30.1 Å². The van der Waals surface area contributed by atoms with E-state index in [-0.39, 0.29) is 18.8 Å². The minimum atomic E-state index is -0.986. The Balaban J connectivity index is 1.63. The Morgan fingerprint density at radius 1 is 1.03 bits per heavy atom. The van der Waals surface area contributed by atoms with Gasteiger partial charge in [0.1, 0.15) is 11.9 Å². The van der Waals surface area contributed by atoms with Gasteiger partial charge in [0.2, 0.25) is 0 Å². The van der Waals surface area contributed by atoms with Crippen molar-refractivity contribution in [2.24, 2.45) is 11.8 Å². The maximum atomic E-state index is 12.5. The molecule has 1 saturated carbocycles. The molecule has 2 N–H and O–H groups in total. The third-order valence-electron chi connectivity index (χ3n) is 5.22. The van der Waals surface area contributed by atoms with Crippen molar-refractivity contribution in [2.45, 2.75) is 31.5 Å². The summed E-state index contributed by atoms with van der Waals surface area (Å²) >= 11 is 0. The van der Waals surface area contributed by atoms with Crippen molar-refractivity contribution < 1.29 is 29.3 Å². The lowest BCUT2D eigenvalue weighted by Crippen LogP contribution is -2.26. The quantitative estimate of drug-likeness (QED) is 0.372. The van der Waals surface area contributed by atoms with E-state index in [0.717, 1.165) is 5.75 Å². The summed E-state index contributed by atoms with van der Waals surface area (Å²) in [7, 11) is 0. The first-order chi connectivity index (χ1) is 14.5. The largest absolute Gasteiger partial charge is 0.493 e. The highest BCUT2D eigenvalue weighted by Gasteiger charge is 2.44. The highest BCUT2D eigenvalue weighted by Crippen LogP contribution is 2.38. The van der Waals surface area contributed by atoms with Crippen molar-refractivity contribution in [1.29, 1.82) is 0 Å². The molecule has 1 aliphatic rings.